The molecule has 8 nitrogen and oxygen atoms in total. The highest BCUT2D eigenvalue weighted by atomic mass is 16.7. The Bertz CT molecular complexity index is 821. The molecule has 0 amide bonds. The third kappa shape index (κ3) is 3.25. The Balaban J connectivity index is 1.19. The highest BCUT2D eigenvalue weighted by molar-refractivity contribution is 5.52. The van der Waals surface area contributed by atoms with Crippen molar-refractivity contribution in [3.05, 3.63) is 35.4 Å². The number of aromatic hydroxyl groups is 2. The molecule has 3 aliphatic rings. The van der Waals surface area contributed by atoms with Crippen LogP contribution in [0.5, 0.6) is 34.5 Å². The summed E-state index contributed by atoms with van der Waals surface area (Å²) in [6.07, 6.45) is 0. The molecule has 28 heavy (non-hydrogen) atoms. The van der Waals surface area contributed by atoms with Gasteiger partial charge >= 0.3 is 0 Å². The molecule has 0 radical (unpaired) electrons. The number of nitrogens with zero attached hydrogens (tertiary/aromatic N) is 2. The third-order valence-corrected chi connectivity index (χ3v) is 5.40. The lowest BCUT2D eigenvalue weighted by Gasteiger charge is -2.35. The van der Waals surface area contributed by atoms with Crippen LogP contribution in [0.1, 0.15) is 11.1 Å². The molecule has 0 aromatic heterocycles. The highest BCUT2D eigenvalue weighted by Crippen LogP contribution is 2.39. The molecule has 8 heteroatoms. The van der Waals surface area contributed by atoms with E-state index >= 15 is 0 Å². The zero-order chi connectivity index (χ0) is 19.1. The lowest BCUT2D eigenvalue weighted by atomic mass is 10.1. The Morgan fingerprint density at radius 3 is 1.36 bits per heavy atom. The van der Waals surface area contributed by atoms with Gasteiger partial charge < -0.3 is 29.2 Å². The second-order valence-corrected chi connectivity index (χ2v) is 7.22. The summed E-state index contributed by atoms with van der Waals surface area (Å²) in [4.78, 5) is 4.60. The Hall–Kier alpha value is -2.84. The van der Waals surface area contributed by atoms with E-state index in [4.69, 9.17) is 18.9 Å². The van der Waals surface area contributed by atoms with Gasteiger partial charge in [-0.05, 0) is 12.1 Å². The van der Waals surface area contributed by atoms with E-state index in [1.165, 1.54) is 0 Å². The van der Waals surface area contributed by atoms with Crippen LogP contribution in [0.25, 0.3) is 0 Å². The number of hydrogen-bond donors (Lipinski definition) is 2. The topological polar surface area (TPSA) is 83.9 Å². The van der Waals surface area contributed by atoms with E-state index in [0.717, 1.165) is 37.3 Å². The number of ether oxygens (including phenoxy) is 4. The van der Waals surface area contributed by atoms with Crippen LogP contribution in [0.4, 0.5) is 0 Å². The Labute approximate surface area is 162 Å². The van der Waals surface area contributed by atoms with Gasteiger partial charge in [0.2, 0.25) is 13.6 Å². The predicted octanol–water partition coefficient (Wildman–Crippen LogP) is 1.87. The molecule has 0 spiro atoms. The van der Waals surface area contributed by atoms with Crippen molar-refractivity contribution in [2.45, 2.75) is 13.1 Å². The normalized spacial score (nSPS) is 18.6. The summed E-state index contributed by atoms with van der Waals surface area (Å²) in [5.74, 6) is 3.02. The van der Waals surface area contributed by atoms with Gasteiger partial charge in [-0.1, -0.05) is 0 Å². The lowest BCUT2D eigenvalue weighted by molar-refractivity contribution is 0.120. The van der Waals surface area contributed by atoms with Crippen LogP contribution in [0.2, 0.25) is 0 Å². The highest BCUT2D eigenvalue weighted by Gasteiger charge is 2.23. The fourth-order valence-electron chi connectivity index (χ4n) is 3.79. The van der Waals surface area contributed by atoms with Gasteiger partial charge in [-0.25, -0.2) is 0 Å². The molecule has 1 saturated heterocycles. The predicted molar refractivity (Wildman–Crippen MR) is 99.0 cm³/mol. The Morgan fingerprint density at radius 1 is 0.607 bits per heavy atom. The van der Waals surface area contributed by atoms with E-state index in [9.17, 15) is 10.2 Å². The monoisotopic (exact) mass is 386 g/mol. The van der Waals surface area contributed by atoms with Crippen LogP contribution in [0, 0.1) is 0 Å². The first-order chi connectivity index (χ1) is 13.7. The molecule has 0 aliphatic carbocycles. The quantitative estimate of drug-likeness (QED) is 0.824. The van der Waals surface area contributed by atoms with Crippen molar-refractivity contribution < 1.29 is 29.2 Å². The number of piperazine rings is 1. The average Bonchev–Trinajstić information content (AvgIpc) is 3.32. The second-order valence-electron chi connectivity index (χ2n) is 7.22. The molecule has 5 rings (SSSR count). The number of hydrogen-bond acceptors (Lipinski definition) is 8. The second kappa shape index (κ2) is 6.96. The van der Waals surface area contributed by atoms with Gasteiger partial charge in [0.25, 0.3) is 0 Å². The number of fused-ring (bicyclic) bond motifs is 2. The standard InChI is InChI=1S/C20H22N2O6/c23-15-7-19-17(25-11-27-19)5-13(15)9-21-1-2-22(4-3-21)10-14-6-18-20(8-16(14)24)28-12-26-18/h5-8,23-24H,1-4,9-12H2. The van der Waals surface area contributed by atoms with Gasteiger partial charge in [0.05, 0.1) is 0 Å². The van der Waals surface area contributed by atoms with Crippen LogP contribution in [-0.2, 0) is 13.1 Å². The van der Waals surface area contributed by atoms with Crippen molar-refractivity contribution in [2.24, 2.45) is 0 Å². The molecule has 0 bridgehead atoms. The number of phenolic OH excluding ortho intramolecular Hbond substituents is 2. The summed E-state index contributed by atoms with van der Waals surface area (Å²) < 4.78 is 21.4. The maximum absolute atomic E-state index is 10.2. The zero-order valence-corrected chi connectivity index (χ0v) is 15.4. The van der Waals surface area contributed by atoms with E-state index in [2.05, 4.69) is 9.80 Å². The molecule has 0 saturated carbocycles. The molecule has 2 aromatic rings. The summed E-state index contributed by atoms with van der Waals surface area (Å²) in [5.41, 5.74) is 1.68. The van der Waals surface area contributed by atoms with Gasteiger partial charge in [0, 0.05) is 62.5 Å². The van der Waals surface area contributed by atoms with E-state index in [-0.39, 0.29) is 25.1 Å². The van der Waals surface area contributed by atoms with Gasteiger partial charge in [-0.3, -0.25) is 9.80 Å². The fraction of sp³-hybridized carbons (Fsp3) is 0.400. The number of rotatable bonds is 4. The minimum atomic E-state index is 0.198. The van der Waals surface area contributed by atoms with E-state index in [0.29, 0.717) is 36.1 Å². The Kier molecular flexibility index (Phi) is 4.29. The minimum Gasteiger partial charge on any atom is -0.507 e. The molecule has 2 aromatic carbocycles. The van der Waals surface area contributed by atoms with E-state index in [1.54, 1.807) is 12.1 Å². The van der Waals surface area contributed by atoms with Crippen LogP contribution in [0.15, 0.2) is 24.3 Å². The molecule has 0 atom stereocenters. The first-order valence-corrected chi connectivity index (χ1v) is 9.33. The molecular weight excluding hydrogens is 364 g/mol. The molecule has 0 unspecified atom stereocenters. The molecule has 3 aliphatic heterocycles. The van der Waals surface area contributed by atoms with Crippen molar-refractivity contribution in [3.63, 3.8) is 0 Å². The van der Waals surface area contributed by atoms with Crippen LogP contribution in [-0.4, -0.2) is 59.8 Å². The number of phenols is 2. The molecule has 148 valence electrons. The van der Waals surface area contributed by atoms with Gasteiger partial charge in [-0.2, -0.15) is 0 Å². The molecular formula is C20H22N2O6. The van der Waals surface area contributed by atoms with Crippen molar-refractivity contribution >= 4 is 0 Å². The van der Waals surface area contributed by atoms with E-state index < -0.39 is 0 Å². The minimum absolute atomic E-state index is 0.198. The van der Waals surface area contributed by atoms with Crippen molar-refractivity contribution in [2.75, 3.05) is 39.8 Å². The molecule has 3 heterocycles. The summed E-state index contributed by atoms with van der Waals surface area (Å²) in [6.45, 7) is 5.21. The van der Waals surface area contributed by atoms with Crippen molar-refractivity contribution in [3.8, 4) is 34.5 Å². The van der Waals surface area contributed by atoms with E-state index in [1.807, 2.05) is 12.1 Å². The van der Waals surface area contributed by atoms with Gasteiger partial charge in [0.1, 0.15) is 11.5 Å². The number of benzene rings is 2. The van der Waals surface area contributed by atoms with Crippen molar-refractivity contribution in [1.82, 2.24) is 9.80 Å². The molecule has 1 fully saturated rings. The van der Waals surface area contributed by atoms with Crippen LogP contribution in [0.3, 0.4) is 0 Å². The zero-order valence-electron chi connectivity index (χ0n) is 15.4. The third-order valence-electron chi connectivity index (χ3n) is 5.40. The molecule has 2 N–H and O–H groups in total. The smallest absolute Gasteiger partial charge is 0.231 e. The van der Waals surface area contributed by atoms with Crippen LogP contribution >= 0.6 is 0 Å². The first-order valence-electron chi connectivity index (χ1n) is 9.33. The van der Waals surface area contributed by atoms with Crippen LogP contribution < -0.4 is 18.9 Å². The average molecular weight is 386 g/mol. The summed E-state index contributed by atoms with van der Waals surface area (Å²) in [5, 5.41) is 20.5. The maximum Gasteiger partial charge on any atom is 0.231 e. The SMILES string of the molecule is Oc1cc2c(cc1CN1CCN(Cc3cc4c(cc3O)OCO4)CC1)OCO2. The Morgan fingerprint density at radius 2 is 0.964 bits per heavy atom. The van der Waals surface area contributed by atoms with Crippen molar-refractivity contribution in [1.29, 1.82) is 0 Å². The largest absolute Gasteiger partial charge is 0.507 e. The van der Waals surface area contributed by atoms with Gasteiger partial charge in [-0.15, -0.1) is 0 Å². The lowest BCUT2D eigenvalue weighted by Crippen LogP contribution is -2.45. The summed E-state index contributed by atoms with van der Waals surface area (Å²) in [7, 11) is 0. The summed E-state index contributed by atoms with van der Waals surface area (Å²) in [6, 6.07) is 6.95. The first kappa shape index (κ1) is 17.3. The maximum atomic E-state index is 10.2. The van der Waals surface area contributed by atoms with Gasteiger partial charge in [0.15, 0.2) is 23.0 Å². The fourth-order valence-corrected chi connectivity index (χ4v) is 3.79. The summed E-state index contributed by atoms with van der Waals surface area (Å²) >= 11 is 0.